The van der Waals surface area contributed by atoms with Crippen LogP contribution in [0, 0.1) is 11.8 Å². The Balaban J connectivity index is 2.56. The highest BCUT2D eigenvalue weighted by molar-refractivity contribution is 6.73. The van der Waals surface area contributed by atoms with Gasteiger partial charge in [-0.15, -0.1) is 0 Å². The van der Waals surface area contributed by atoms with Crippen molar-refractivity contribution in [2.24, 2.45) is 11.8 Å². The minimum Gasteiger partial charge on any atom is -0.411 e. The minimum absolute atomic E-state index is 0.325. The fourth-order valence-electron chi connectivity index (χ4n) is 3.04. The van der Waals surface area contributed by atoms with E-state index in [-0.39, 0.29) is 0 Å². The van der Waals surface area contributed by atoms with Crippen LogP contribution in [-0.2, 0) is 9.22 Å². The topological polar surface area (TPSA) is 26.3 Å². The molecule has 1 rings (SSSR count). The zero-order valence-electron chi connectivity index (χ0n) is 13.0. The fraction of sp³-hybridized carbons (Fsp3) is 0.812. The van der Waals surface area contributed by atoms with E-state index in [1.807, 2.05) is 0 Å². The molecule has 0 amide bonds. The first-order valence-electron chi connectivity index (χ1n) is 7.90. The molecule has 3 atom stereocenters. The summed E-state index contributed by atoms with van der Waals surface area (Å²) in [5, 5.41) is 0. The van der Waals surface area contributed by atoms with Gasteiger partial charge in [-0.3, -0.25) is 0 Å². The van der Waals surface area contributed by atoms with Gasteiger partial charge in [-0.25, -0.2) is 0 Å². The lowest BCUT2D eigenvalue weighted by atomic mass is 9.83. The fourth-order valence-corrected chi connectivity index (χ4v) is 5.87. The molecule has 1 aliphatic carbocycles. The third kappa shape index (κ3) is 4.57. The molecule has 19 heavy (non-hydrogen) atoms. The van der Waals surface area contributed by atoms with Gasteiger partial charge in [0.2, 0.25) is 0 Å². The van der Waals surface area contributed by atoms with Gasteiger partial charge >= 0.3 is 0 Å². The van der Waals surface area contributed by atoms with Crippen LogP contribution in [0.2, 0.25) is 18.1 Å². The summed E-state index contributed by atoms with van der Waals surface area (Å²) in [7, 11) is -1.48. The van der Waals surface area contributed by atoms with Gasteiger partial charge in [-0.1, -0.05) is 39.8 Å². The lowest BCUT2D eigenvalue weighted by Crippen LogP contribution is -2.40. The van der Waals surface area contributed by atoms with E-state index in [9.17, 15) is 4.79 Å². The van der Waals surface area contributed by atoms with Crippen LogP contribution in [0.1, 0.15) is 47.0 Å². The van der Waals surface area contributed by atoms with Gasteiger partial charge in [-0.05, 0) is 42.8 Å². The summed E-state index contributed by atoms with van der Waals surface area (Å²) >= 11 is 0. The summed E-state index contributed by atoms with van der Waals surface area (Å²) in [5.74, 6) is 1.03. The van der Waals surface area contributed by atoms with Crippen LogP contribution in [-0.4, -0.2) is 20.7 Å². The van der Waals surface area contributed by atoms with Gasteiger partial charge in [0.15, 0.2) is 8.32 Å². The molecule has 0 N–H and O–H groups in total. The van der Waals surface area contributed by atoms with Crippen molar-refractivity contribution in [3.8, 4) is 0 Å². The molecule has 0 radical (unpaired) electrons. The van der Waals surface area contributed by atoms with Gasteiger partial charge in [0.1, 0.15) is 6.29 Å². The number of hydrogen-bond acceptors (Lipinski definition) is 2. The van der Waals surface area contributed by atoms with Crippen LogP contribution in [0.15, 0.2) is 12.2 Å². The standard InChI is InChI=1S/C16H30O2Si/c1-5-19(6-2,7-3)18-16-10-8-15(9-11-16)14(4)12-13-17/h8,10,13-16H,5-7,9,11-12H2,1-4H3/t14-,15-,16+/m1/s1. The van der Waals surface area contributed by atoms with Crippen LogP contribution >= 0.6 is 0 Å². The summed E-state index contributed by atoms with van der Waals surface area (Å²) in [6.45, 7) is 9.01. The average Bonchev–Trinajstić information content (AvgIpc) is 2.46. The first-order valence-corrected chi connectivity index (χ1v) is 10.4. The highest BCUT2D eigenvalue weighted by Crippen LogP contribution is 2.31. The van der Waals surface area contributed by atoms with Gasteiger partial charge < -0.3 is 9.22 Å². The zero-order valence-corrected chi connectivity index (χ0v) is 14.0. The number of rotatable bonds is 8. The second kappa shape index (κ2) is 8.00. The smallest absolute Gasteiger partial charge is 0.192 e. The van der Waals surface area contributed by atoms with Crippen LogP contribution in [0.5, 0.6) is 0 Å². The van der Waals surface area contributed by atoms with Crippen molar-refractivity contribution in [3.63, 3.8) is 0 Å². The van der Waals surface area contributed by atoms with Crippen molar-refractivity contribution in [1.29, 1.82) is 0 Å². The van der Waals surface area contributed by atoms with Crippen molar-refractivity contribution < 1.29 is 9.22 Å². The maximum absolute atomic E-state index is 10.6. The van der Waals surface area contributed by atoms with Gasteiger partial charge in [0.25, 0.3) is 0 Å². The minimum atomic E-state index is -1.48. The number of carbonyl (C=O) groups excluding carboxylic acids is 1. The van der Waals surface area contributed by atoms with Gasteiger partial charge in [-0.2, -0.15) is 0 Å². The predicted molar refractivity (Wildman–Crippen MR) is 83.8 cm³/mol. The summed E-state index contributed by atoms with van der Waals surface area (Å²) in [6, 6.07) is 3.65. The summed E-state index contributed by atoms with van der Waals surface area (Å²) in [5.41, 5.74) is 0. The first kappa shape index (κ1) is 16.6. The molecule has 3 heteroatoms. The van der Waals surface area contributed by atoms with E-state index in [4.69, 9.17) is 4.43 Å². The van der Waals surface area contributed by atoms with Crippen LogP contribution in [0.25, 0.3) is 0 Å². The van der Waals surface area contributed by atoms with E-state index in [1.54, 1.807) is 0 Å². The molecule has 0 unspecified atom stereocenters. The van der Waals surface area contributed by atoms with Crippen LogP contribution < -0.4 is 0 Å². The molecule has 0 aliphatic heterocycles. The van der Waals surface area contributed by atoms with Crippen molar-refractivity contribution in [2.45, 2.75) is 71.2 Å². The Bertz CT molecular complexity index is 289. The molecule has 0 spiro atoms. The monoisotopic (exact) mass is 282 g/mol. The predicted octanol–water partition coefficient (Wildman–Crippen LogP) is 4.57. The maximum atomic E-state index is 10.6. The van der Waals surface area contributed by atoms with E-state index in [0.717, 1.165) is 19.1 Å². The zero-order chi connectivity index (χ0) is 14.3. The van der Waals surface area contributed by atoms with Crippen molar-refractivity contribution in [2.75, 3.05) is 0 Å². The van der Waals surface area contributed by atoms with E-state index >= 15 is 0 Å². The molecular weight excluding hydrogens is 252 g/mol. The molecular formula is C16H30O2Si. The quantitative estimate of drug-likeness (QED) is 0.370. The van der Waals surface area contributed by atoms with E-state index < -0.39 is 8.32 Å². The normalized spacial score (nSPS) is 25.3. The highest BCUT2D eigenvalue weighted by atomic mass is 28.4. The van der Waals surface area contributed by atoms with Crippen LogP contribution in [0.3, 0.4) is 0 Å². The van der Waals surface area contributed by atoms with E-state index in [0.29, 0.717) is 24.4 Å². The molecule has 0 aromatic rings. The Morgan fingerprint density at radius 1 is 1.21 bits per heavy atom. The molecule has 0 aromatic heterocycles. The Kier molecular flexibility index (Phi) is 7.01. The summed E-state index contributed by atoms with van der Waals surface area (Å²) in [4.78, 5) is 10.6. The molecule has 0 fully saturated rings. The Labute approximate surface area is 119 Å². The number of allylic oxidation sites excluding steroid dienone is 1. The number of hydrogen-bond donors (Lipinski definition) is 0. The maximum Gasteiger partial charge on any atom is 0.192 e. The van der Waals surface area contributed by atoms with E-state index in [1.165, 1.54) is 18.1 Å². The Morgan fingerprint density at radius 2 is 1.84 bits per heavy atom. The van der Waals surface area contributed by atoms with Crippen molar-refractivity contribution in [3.05, 3.63) is 12.2 Å². The molecule has 1 aliphatic rings. The largest absolute Gasteiger partial charge is 0.411 e. The molecule has 0 heterocycles. The lowest BCUT2D eigenvalue weighted by Gasteiger charge is -2.35. The first-order chi connectivity index (χ1) is 9.10. The van der Waals surface area contributed by atoms with E-state index in [2.05, 4.69) is 39.8 Å². The SMILES string of the molecule is CC[Si](CC)(CC)O[C@H]1C=C[C@@H]([C@H](C)CC=O)CC1. The molecule has 0 aromatic carbocycles. The Morgan fingerprint density at radius 3 is 2.26 bits per heavy atom. The summed E-state index contributed by atoms with van der Waals surface area (Å²) in [6.07, 6.45) is 8.89. The van der Waals surface area contributed by atoms with Crippen LogP contribution in [0.4, 0.5) is 0 Å². The van der Waals surface area contributed by atoms with Gasteiger partial charge in [0.05, 0.1) is 6.10 Å². The van der Waals surface area contributed by atoms with Crippen molar-refractivity contribution >= 4 is 14.6 Å². The molecule has 2 nitrogen and oxygen atoms in total. The lowest BCUT2D eigenvalue weighted by molar-refractivity contribution is -0.108. The molecule has 0 saturated heterocycles. The molecule has 0 bridgehead atoms. The highest BCUT2D eigenvalue weighted by Gasteiger charge is 2.32. The second-order valence-electron chi connectivity index (χ2n) is 5.91. The summed E-state index contributed by atoms with van der Waals surface area (Å²) < 4.78 is 6.50. The third-order valence-electron chi connectivity index (χ3n) is 4.89. The molecule has 110 valence electrons. The van der Waals surface area contributed by atoms with Gasteiger partial charge in [0, 0.05) is 6.42 Å². The number of aldehydes is 1. The Hall–Kier alpha value is -0.413. The molecule has 0 saturated carbocycles. The third-order valence-corrected chi connectivity index (χ3v) is 9.56. The van der Waals surface area contributed by atoms with Crippen molar-refractivity contribution in [1.82, 2.24) is 0 Å². The second-order valence-corrected chi connectivity index (χ2v) is 10.6. The average molecular weight is 283 g/mol. The number of carbonyl (C=O) groups is 1.